The lowest BCUT2D eigenvalue weighted by molar-refractivity contribution is 0.0692. The Hall–Kier alpha value is -1.36. The molecule has 0 aromatic heterocycles. The van der Waals surface area contributed by atoms with Gasteiger partial charge in [-0.3, -0.25) is 0 Å². The van der Waals surface area contributed by atoms with E-state index in [1.807, 2.05) is 13.8 Å². The molecule has 0 bridgehead atoms. The van der Waals surface area contributed by atoms with Gasteiger partial charge in [0.25, 0.3) is 0 Å². The van der Waals surface area contributed by atoms with Gasteiger partial charge in [-0.15, -0.1) is 12.6 Å². The van der Waals surface area contributed by atoms with E-state index in [0.717, 1.165) is 0 Å². The van der Waals surface area contributed by atoms with E-state index in [2.05, 4.69) is 12.6 Å². The topological polar surface area (TPSA) is 55.8 Å². The minimum Gasteiger partial charge on any atom is -0.490 e. The molecule has 1 aromatic rings. The van der Waals surface area contributed by atoms with E-state index in [1.54, 1.807) is 6.07 Å². The first-order chi connectivity index (χ1) is 7.60. The van der Waals surface area contributed by atoms with Gasteiger partial charge in [0.1, 0.15) is 0 Å². The molecule has 0 spiro atoms. The van der Waals surface area contributed by atoms with Crippen LogP contribution < -0.4 is 9.47 Å². The molecule has 4 nitrogen and oxygen atoms in total. The molecule has 0 saturated carbocycles. The van der Waals surface area contributed by atoms with Crippen LogP contribution in [0.4, 0.5) is 0 Å². The molecule has 1 rings (SSSR count). The number of hydrogen-bond donors (Lipinski definition) is 2. The van der Waals surface area contributed by atoms with Crippen LogP contribution in [0.2, 0.25) is 0 Å². The highest BCUT2D eigenvalue weighted by molar-refractivity contribution is 7.80. The third-order valence-electron chi connectivity index (χ3n) is 1.89. The lowest BCUT2D eigenvalue weighted by atomic mass is 10.2. The van der Waals surface area contributed by atoms with Crippen LogP contribution in [0, 0.1) is 0 Å². The van der Waals surface area contributed by atoms with E-state index in [0.29, 0.717) is 29.6 Å². The zero-order chi connectivity index (χ0) is 12.1. The van der Waals surface area contributed by atoms with Gasteiger partial charge in [-0.05, 0) is 26.0 Å². The van der Waals surface area contributed by atoms with Crippen LogP contribution in [0.1, 0.15) is 24.2 Å². The number of benzene rings is 1. The molecule has 1 aromatic carbocycles. The molecule has 1 N–H and O–H groups in total. The van der Waals surface area contributed by atoms with Crippen molar-refractivity contribution in [1.82, 2.24) is 0 Å². The summed E-state index contributed by atoms with van der Waals surface area (Å²) < 4.78 is 10.7. The highest BCUT2D eigenvalue weighted by Crippen LogP contribution is 2.32. The molecular formula is C11H14O4S. The summed E-state index contributed by atoms with van der Waals surface area (Å²) in [5.41, 5.74) is 0.107. The molecule has 0 amide bonds. The number of carboxylic acids is 1. The van der Waals surface area contributed by atoms with Gasteiger partial charge < -0.3 is 14.6 Å². The number of carbonyl (C=O) groups is 1. The van der Waals surface area contributed by atoms with Crippen molar-refractivity contribution in [3.8, 4) is 11.5 Å². The highest BCUT2D eigenvalue weighted by Gasteiger charge is 2.14. The largest absolute Gasteiger partial charge is 0.490 e. The number of hydrogen-bond acceptors (Lipinski definition) is 4. The van der Waals surface area contributed by atoms with E-state index in [1.165, 1.54) is 6.07 Å². The van der Waals surface area contributed by atoms with Gasteiger partial charge in [0.05, 0.1) is 18.8 Å². The number of ether oxygens (including phenoxy) is 2. The molecule has 0 saturated heterocycles. The first-order valence-electron chi connectivity index (χ1n) is 4.96. The fourth-order valence-electron chi connectivity index (χ4n) is 1.26. The van der Waals surface area contributed by atoms with Gasteiger partial charge in [0.15, 0.2) is 11.5 Å². The predicted molar refractivity (Wildman–Crippen MR) is 63.0 cm³/mol. The third kappa shape index (κ3) is 2.82. The maximum Gasteiger partial charge on any atom is 0.336 e. The molecule has 0 atom stereocenters. The Bertz CT molecular complexity index is 390. The fourth-order valence-corrected chi connectivity index (χ4v) is 1.53. The van der Waals surface area contributed by atoms with Gasteiger partial charge >= 0.3 is 5.97 Å². The van der Waals surface area contributed by atoms with Crippen molar-refractivity contribution in [3.63, 3.8) is 0 Å². The van der Waals surface area contributed by atoms with Crippen LogP contribution in [-0.4, -0.2) is 24.3 Å². The van der Waals surface area contributed by atoms with E-state index < -0.39 is 5.97 Å². The molecule has 16 heavy (non-hydrogen) atoms. The second-order valence-corrected chi connectivity index (χ2v) is 3.47. The van der Waals surface area contributed by atoms with E-state index >= 15 is 0 Å². The Morgan fingerprint density at radius 2 is 1.75 bits per heavy atom. The van der Waals surface area contributed by atoms with Crippen LogP contribution in [0.15, 0.2) is 17.0 Å². The van der Waals surface area contributed by atoms with Crippen molar-refractivity contribution in [2.24, 2.45) is 0 Å². The van der Waals surface area contributed by atoms with Crippen LogP contribution in [0.5, 0.6) is 11.5 Å². The van der Waals surface area contributed by atoms with E-state index in [4.69, 9.17) is 14.6 Å². The molecule has 0 aliphatic rings. The summed E-state index contributed by atoms with van der Waals surface area (Å²) in [6.45, 7) is 4.61. The summed E-state index contributed by atoms with van der Waals surface area (Å²) in [4.78, 5) is 11.3. The number of carboxylic acid groups (broad SMARTS) is 1. The van der Waals surface area contributed by atoms with Crippen molar-refractivity contribution in [2.45, 2.75) is 18.7 Å². The molecule has 88 valence electrons. The molecular weight excluding hydrogens is 228 g/mol. The summed E-state index contributed by atoms with van der Waals surface area (Å²) in [6, 6.07) is 2.99. The average Bonchev–Trinajstić information content (AvgIpc) is 2.22. The second kappa shape index (κ2) is 5.65. The molecule has 0 aliphatic heterocycles. The van der Waals surface area contributed by atoms with Gasteiger partial charge in [-0.1, -0.05) is 0 Å². The average molecular weight is 242 g/mol. The molecule has 0 radical (unpaired) electrons. The molecule has 0 heterocycles. The molecule has 0 aliphatic carbocycles. The SMILES string of the molecule is CCOc1cc(S)c(C(=O)O)cc1OCC. The first kappa shape index (κ1) is 12.7. The minimum atomic E-state index is -1.03. The Morgan fingerprint density at radius 1 is 1.25 bits per heavy atom. The Kier molecular flexibility index (Phi) is 4.49. The molecule has 5 heteroatoms. The number of thiol groups is 1. The molecule has 0 fully saturated rings. The van der Waals surface area contributed by atoms with Crippen LogP contribution in [0.25, 0.3) is 0 Å². The standard InChI is InChI=1S/C11H14O4S/c1-3-14-8-5-7(11(12)13)10(16)6-9(8)15-4-2/h5-6,16H,3-4H2,1-2H3,(H,12,13). The van der Waals surface area contributed by atoms with Crippen LogP contribution in [0.3, 0.4) is 0 Å². The predicted octanol–water partition coefficient (Wildman–Crippen LogP) is 2.47. The van der Waals surface area contributed by atoms with E-state index in [-0.39, 0.29) is 5.56 Å². The van der Waals surface area contributed by atoms with Crippen molar-refractivity contribution in [2.75, 3.05) is 13.2 Å². The Morgan fingerprint density at radius 3 is 2.19 bits per heavy atom. The van der Waals surface area contributed by atoms with Crippen molar-refractivity contribution in [3.05, 3.63) is 17.7 Å². The van der Waals surface area contributed by atoms with Crippen molar-refractivity contribution in [1.29, 1.82) is 0 Å². The van der Waals surface area contributed by atoms with E-state index in [9.17, 15) is 4.79 Å². The summed E-state index contributed by atoms with van der Waals surface area (Å²) in [7, 11) is 0. The normalized spacial score (nSPS) is 9.94. The van der Waals surface area contributed by atoms with Crippen LogP contribution >= 0.6 is 12.6 Å². The summed E-state index contributed by atoms with van der Waals surface area (Å²) in [6.07, 6.45) is 0. The second-order valence-electron chi connectivity index (χ2n) is 2.99. The van der Waals surface area contributed by atoms with Crippen molar-refractivity contribution < 1.29 is 19.4 Å². The lowest BCUT2D eigenvalue weighted by Gasteiger charge is -2.12. The highest BCUT2D eigenvalue weighted by atomic mass is 32.1. The summed E-state index contributed by atoms with van der Waals surface area (Å²) in [5, 5.41) is 8.93. The Balaban J connectivity index is 3.19. The summed E-state index contributed by atoms with van der Waals surface area (Å²) in [5.74, 6) is -0.0899. The summed E-state index contributed by atoms with van der Waals surface area (Å²) >= 11 is 4.10. The Labute approximate surface area is 99.6 Å². The molecule has 0 unspecified atom stereocenters. The van der Waals surface area contributed by atoms with Crippen LogP contribution in [-0.2, 0) is 0 Å². The number of aromatic carboxylic acids is 1. The fraction of sp³-hybridized carbons (Fsp3) is 0.364. The van der Waals surface area contributed by atoms with Gasteiger partial charge in [-0.25, -0.2) is 4.79 Å². The monoisotopic (exact) mass is 242 g/mol. The van der Waals surface area contributed by atoms with Crippen molar-refractivity contribution >= 4 is 18.6 Å². The lowest BCUT2D eigenvalue weighted by Crippen LogP contribution is -2.03. The zero-order valence-electron chi connectivity index (χ0n) is 9.19. The quantitative estimate of drug-likeness (QED) is 0.779. The maximum atomic E-state index is 10.9. The van der Waals surface area contributed by atoms with Gasteiger partial charge in [-0.2, -0.15) is 0 Å². The van der Waals surface area contributed by atoms with Gasteiger partial charge in [0.2, 0.25) is 0 Å². The first-order valence-corrected chi connectivity index (χ1v) is 5.40. The number of rotatable bonds is 5. The zero-order valence-corrected chi connectivity index (χ0v) is 10.1. The smallest absolute Gasteiger partial charge is 0.336 e. The maximum absolute atomic E-state index is 10.9. The minimum absolute atomic E-state index is 0.107. The third-order valence-corrected chi connectivity index (χ3v) is 2.26. The van der Waals surface area contributed by atoms with Gasteiger partial charge in [0, 0.05) is 4.90 Å².